The SMILES string of the molecule is N#C/C(=C\C=C\c1ccccc1)C(=O)NCc1ccc(O)c(O)c1. The monoisotopic (exact) mass is 320 g/mol. The van der Waals surface area contributed by atoms with Crippen molar-refractivity contribution in [1.82, 2.24) is 5.32 Å². The smallest absolute Gasteiger partial charge is 0.262 e. The summed E-state index contributed by atoms with van der Waals surface area (Å²) < 4.78 is 0. The number of hydrogen-bond acceptors (Lipinski definition) is 4. The van der Waals surface area contributed by atoms with Crippen LogP contribution in [0.3, 0.4) is 0 Å². The molecule has 0 bridgehead atoms. The van der Waals surface area contributed by atoms with Gasteiger partial charge in [0.05, 0.1) is 0 Å². The summed E-state index contributed by atoms with van der Waals surface area (Å²) in [6, 6.07) is 15.6. The standard InChI is InChI=1S/C19H16N2O3/c20-12-16(8-4-7-14-5-2-1-3-6-14)19(24)21-13-15-9-10-17(22)18(23)11-15/h1-11,22-23H,13H2,(H,21,24)/b7-4+,16-8+. The second-order valence-corrected chi connectivity index (χ2v) is 4.97. The van der Waals surface area contributed by atoms with Crippen molar-refractivity contribution in [3.05, 3.63) is 77.4 Å². The quantitative estimate of drug-likeness (QED) is 0.342. The van der Waals surface area contributed by atoms with E-state index in [-0.39, 0.29) is 23.6 Å². The number of phenolic OH excluding ortho intramolecular Hbond substituents is 2. The number of amides is 1. The van der Waals surface area contributed by atoms with Gasteiger partial charge in [0.25, 0.3) is 5.91 Å². The molecule has 0 heterocycles. The molecule has 2 aromatic carbocycles. The van der Waals surface area contributed by atoms with Gasteiger partial charge < -0.3 is 15.5 Å². The molecular formula is C19H16N2O3. The molecule has 0 aliphatic rings. The molecule has 2 rings (SSSR count). The van der Waals surface area contributed by atoms with E-state index in [0.29, 0.717) is 5.56 Å². The van der Waals surface area contributed by atoms with E-state index in [0.717, 1.165) is 5.56 Å². The first-order valence-electron chi connectivity index (χ1n) is 7.22. The fourth-order valence-corrected chi connectivity index (χ4v) is 1.94. The number of phenols is 2. The first kappa shape index (κ1) is 16.8. The highest BCUT2D eigenvalue weighted by Gasteiger charge is 2.08. The van der Waals surface area contributed by atoms with Gasteiger partial charge in [0.2, 0.25) is 0 Å². The van der Waals surface area contributed by atoms with Crippen LogP contribution >= 0.6 is 0 Å². The summed E-state index contributed by atoms with van der Waals surface area (Å²) in [5.41, 5.74) is 1.55. The second-order valence-electron chi connectivity index (χ2n) is 4.97. The van der Waals surface area contributed by atoms with Crippen molar-refractivity contribution in [1.29, 1.82) is 5.26 Å². The Labute approximate surface area is 139 Å². The van der Waals surface area contributed by atoms with E-state index in [1.807, 2.05) is 36.4 Å². The van der Waals surface area contributed by atoms with Crippen molar-refractivity contribution in [2.24, 2.45) is 0 Å². The molecule has 0 fully saturated rings. The minimum absolute atomic E-state index is 0.0230. The number of aromatic hydroxyl groups is 2. The highest BCUT2D eigenvalue weighted by Crippen LogP contribution is 2.24. The fraction of sp³-hybridized carbons (Fsp3) is 0.0526. The molecule has 0 spiro atoms. The Morgan fingerprint density at radius 3 is 2.54 bits per heavy atom. The van der Waals surface area contributed by atoms with Gasteiger partial charge in [0.1, 0.15) is 11.6 Å². The summed E-state index contributed by atoms with van der Waals surface area (Å²) in [6.07, 6.45) is 4.87. The van der Waals surface area contributed by atoms with E-state index < -0.39 is 5.91 Å². The summed E-state index contributed by atoms with van der Waals surface area (Å²) in [6.45, 7) is 0.133. The molecule has 0 aromatic heterocycles. The zero-order valence-electron chi connectivity index (χ0n) is 12.8. The van der Waals surface area contributed by atoms with Gasteiger partial charge in [0.15, 0.2) is 11.5 Å². The largest absolute Gasteiger partial charge is 0.504 e. The number of nitrogens with one attached hydrogen (secondary N) is 1. The molecule has 24 heavy (non-hydrogen) atoms. The molecule has 0 radical (unpaired) electrons. The van der Waals surface area contributed by atoms with Crippen LogP contribution in [0.25, 0.3) is 6.08 Å². The van der Waals surface area contributed by atoms with E-state index in [1.54, 1.807) is 18.2 Å². The van der Waals surface area contributed by atoms with Crippen molar-refractivity contribution >= 4 is 12.0 Å². The Hall–Kier alpha value is -3.52. The highest BCUT2D eigenvalue weighted by molar-refractivity contribution is 5.97. The maximum Gasteiger partial charge on any atom is 0.262 e. The first-order valence-corrected chi connectivity index (χ1v) is 7.22. The number of nitriles is 1. The van der Waals surface area contributed by atoms with Crippen LogP contribution in [0, 0.1) is 11.3 Å². The lowest BCUT2D eigenvalue weighted by Gasteiger charge is -2.05. The Morgan fingerprint density at radius 2 is 1.88 bits per heavy atom. The molecule has 5 heteroatoms. The van der Waals surface area contributed by atoms with Crippen LogP contribution in [-0.2, 0) is 11.3 Å². The number of carbonyl (C=O) groups is 1. The lowest BCUT2D eigenvalue weighted by Crippen LogP contribution is -2.23. The lowest BCUT2D eigenvalue weighted by molar-refractivity contribution is -0.117. The van der Waals surface area contributed by atoms with Crippen LogP contribution in [-0.4, -0.2) is 16.1 Å². The highest BCUT2D eigenvalue weighted by atomic mass is 16.3. The number of carbonyl (C=O) groups excluding carboxylic acids is 1. The van der Waals surface area contributed by atoms with Crippen molar-refractivity contribution in [2.45, 2.75) is 6.54 Å². The van der Waals surface area contributed by atoms with Gasteiger partial charge in [-0.15, -0.1) is 0 Å². The van der Waals surface area contributed by atoms with Crippen LogP contribution < -0.4 is 5.32 Å². The zero-order chi connectivity index (χ0) is 17.4. The van der Waals surface area contributed by atoms with E-state index in [2.05, 4.69) is 5.32 Å². The van der Waals surface area contributed by atoms with Gasteiger partial charge in [-0.3, -0.25) is 4.79 Å². The molecule has 0 aliphatic heterocycles. The van der Waals surface area contributed by atoms with Gasteiger partial charge in [0, 0.05) is 6.54 Å². The molecule has 0 unspecified atom stereocenters. The first-order chi connectivity index (χ1) is 11.6. The Balaban J connectivity index is 1.98. The number of nitrogens with zero attached hydrogens (tertiary/aromatic N) is 1. The average Bonchev–Trinajstić information content (AvgIpc) is 2.60. The number of benzene rings is 2. The maximum absolute atomic E-state index is 12.0. The predicted molar refractivity (Wildman–Crippen MR) is 90.8 cm³/mol. The van der Waals surface area contributed by atoms with E-state index >= 15 is 0 Å². The van der Waals surface area contributed by atoms with Crippen molar-refractivity contribution in [3.8, 4) is 17.6 Å². The Morgan fingerprint density at radius 1 is 1.12 bits per heavy atom. The number of hydrogen-bond donors (Lipinski definition) is 3. The van der Waals surface area contributed by atoms with Crippen molar-refractivity contribution in [3.63, 3.8) is 0 Å². The molecule has 3 N–H and O–H groups in total. The van der Waals surface area contributed by atoms with Crippen LogP contribution in [0.4, 0.5) is 0 Å². The third kappa shape index (κ3) is 4.75. The topological polar surface area (TPSA) is 93.4 Å². The van der Waals surface area contributed by atoms with Gasteiger partial charge in [-0.1, -0.05) is 48.6 Å². The molecule has 2 aromatic rings. The van der Waals surface area contributed by atoms with E-state index in [4.69, 9.17) is 5.26 Å². The summed E-state index contributed by atoms with van der Waals surface area (Å²) in [7, 11) is 0. The van der Waals surface area contributed by atoms with Gasteiger partial charge in [-0.2, -0.15) is 5.26 Å². The Bertz CT molecular complexity index is 818. The maximum atomic E-state index is 12.0. The average molecular weight is 320 g/mol. The zero-order valence-corrected chi connectivity index (χ0v) is 12.8. The molecule has 1 amide bonds. The van der Waals surface area contributed by atoms with E-state index in [9.17, 15) is 15.0 Å². The third-order valence-corrected chi connectivity index (χ3v) is 3.21. The van der Waals surface area contributed by atoms with Crippen molar-refractivity contribution < 1.29 is 15.0 Å². The van der Waals surface area contributed by atoms with Crippen molar-refractivity contribution in [2.75, 3.05) is 0 Å². The summed E-state index contributed by atoms with van der Waals surface area (Å²) >= 11 is 0. The molecule has 0 saturated heterocycles. The normalized spacial score (nSPS) is 11.2. The number of rotatable bonds is 5. The molecule has 0 saturated carbocycles. The Kier molecular flexibility index (Phi) is 5.76. The van der Waals surface area contributed by atoms with Crippen LogP contribution in [0.2, 0.25) is 0 Å². The summed E-state index contributed by atoms with van der Waals surface area (Å²) in [5, 5.41) is 30.3. The number of allylic oxidation sites excluding steroid dienone is 2. The molecule has 0 aliphatic carbocycles. The molecule has 5 nitrogen and oxygen atoms in total. The predicted octanol–water partition coefficient (Wildman–Crippen LogP) is 2.88. The third-order valence-electron chi connectivity index (χ3n) is 3.21. The molecular weight excluding hydrogens is 304 g/mol. The second kappa shape index (κ2) is 8.20. The summed E-state index contributed by atoms with van der Waals surface area (Å²) in [5.74, 6) is -1.000. The van der Waals surface area contributed by atoms with Gasteiger partial charge in [-0.05, 0) is 29.3 Å². The molecule has 0 atom stereocenters. The van der Waals surface area contributed by atoms with Crippen LogP contribution in [0.1, 0.15) is 11.1 Å². The van der Waals surface area contributed by atoms with Crippen LogP contribution in [0.15, 0.2) is 66.3 Å². The minimum Gasteiger partial charge on any atom is -0.504 e. The minimum atomic E-state index is -0.511. The lowest BCUT2D eigenvalue weighted by atomic mass is 10.1. The van der Waals surface area contributed by atoms with Gasteiger partial charge >= 0.3 is 0 Å². The molecule has 120 valence electrons. The van der Waals surface area contributed by atoms with Gasteiger partial charge in [-0.25, -0.2) is 0 Å². The van der Waals surface area contributed by atoms with E-state index in [1.165, 1.54) is 18.2 Å². The summed E-state index contributed by atoms with van der Waals surface area (Å²) in [4.78, 5) is 12.0. The fourth-order valence-electron chi connectivity index (χ4n) is 1.94. The van der Waals surface area contributed by atoms with Crippen LogP contribution in [0.5, 0.6) is 11.5 Å².